The van der Waals surface area contributed by atoms with Crippen LogP contribution in [0.15, 0.2) is 30.6 Å². The zero-order valence-corrected chi connectivity index (χ0v) is 10.8. The Bertz CT molecular complexity index is 654. The van der Waals surface area contributed by atoms with Crippen LogP contribution in [0.5, 0.6) is 0 Å². The first-order chi connectivity index (χ1) is 9.77. The Morgan fingerprint density at radius 3 is 2.71 bits per heavy atom. The summed E-state index contributed by atoms with van der Waals surface area (Å²) in [6, 6.07) is 3.40. The van der Waals surface area contributed by atoms with Gasteiger partial charge in [-0.15, -0.1) is 0 Å². The van der Waals surface area contributed by atoms with Gasteiger partial charge in [0.25, 0.3) is 5.91 Å². The number of nitrogens with one attached hydrogen (secondary N) is 1. The number of rotatable bonds is 3. The predicted octanol–water partition coefficient (Wildman–Crippen LogP) is 1.66. The molecule has 112 valence electrons. The molecule has 9 heteroatoms. The van der Waals surface area contributed by atoms with E-state index in [0.717, 1.165) is 18.3 Å². The number of aliphatic hydroxyl groups is 1. The van der Waals surface area contributed by atoms with E-state index in [2.05, 4.69) is 15.4 Å². The van der Waals surface area contributed by atoms with Crippen LogP contribution >= 0.6 is 0 Å². The summed E-state index contributed by atoms with van der Waals surface area (Å²) >= 11 is 0. The van der Waals surface area contributed by atoms with Gasteiger partial charge in [-0.2, -0.15) is 18.3 Å². The minimum absolute atomic E-state index is 0.242. The number of hydrogen-bond acceptors (Lipinski definition) is 4. The number of aliphatic hydroxyl groups excluding tert-OH is 1. The van der Waals surface area contributed by atoms with Crippen LogP contribution in [0.3, 0.4) is 0 Å². The van der Waals surface area contributed by atoms with Crippen molar-refractivity contribution in [2.24, 2.45) is 7.05 Å². The molecule has 0 radical (unpaired) electrons. The molecule has 0 saturated heterocycles. The minimum Gasteiger partial charge on any atom is -0.379 e. The monoisotopic (exact) mass is 300 g/mol. The van der Waals surface area contributed by atoms with Crippen molar-refractivity contribution in [3.63, 3.8) is 0 Å². The molecule has 1 unspecified atom stereocenters. The lowest BCUT2D eigenvalue weighted by molar-refractivity contribution is -0.206. The Hall–Kier alpha value is -2.42. The fourth-order valence-electron chi connectivity index (χ4n) is 1.59. The summed E-state index contributed by atoms with van der Waals surface area (Å²) < 4.78 is 38.8. The van der Waals surface area contributed by atoms with Crippen molar-refractivity contribution in [2.75, 3.05) is 5.32 Å². The number of halogens is 3. The lowest BCUT2D eigenvalue weighted by Gasteiger charge is -2.15. The normalized spacial score (nSPS) is 13.0. The molecule has 0 fully saturated rings. The number of aromatic nitrogens is 3. The minimum atomic E-state index is -4.81. The number of aryl methyl sites for hydroxylation is 1. The van der Waals surface area contributed by atoms with Crippen LogP contribution in [-0.4, -0.2) is 32.0 Å². The Kier molecular flexibility index (Phi) is 3.94. The first-order valence-electron chi connectivity index (χ1n) is 5.79. The molecule has 0 bridgehead atoms. The molecule has 0 aliphatic carbocycles. The zero-order valence-electron chi connectivity index (χ0n) is 10.8. The molecular formula is C12H11F3N4O2. The summed E-state index contributed by atoms with van der Waals surface area (Å²) in [6.07, 6.45) is -4.86. The molecule has 2 N–H and O–H groups in total. The van der Waals surface area contributed by atoms with E-state index in [0.29, 0.717) is 0 Å². The first kappa shape index (κ1) is 15.0. The quantitative estimate of drug-likeness (QED) is 0.903. The lowest BCUT2D eigenvalue weighted by atomic mass is 10.1. The Balaban J connectivity index is 2.19. The summed E-state index contributed by atoms with van der Waals surface area (Å²) in [5.41, 5.74) is -0.704. The van der Waals surface area contributed by atoms with Crippen LogP contribution in [0.25, 0.3) is 0 Å². The molecule has 2 aromatic rings. The highest BCUT2D eigenvalue weighted by Gasteiger charge is 2.39. The third-order valence-corrected chi connectivity index (χ3v) is 2.60. The van der Waals surface area contributed by atoms with Crippen LogP contribution < -0.4 is 5.32 Å². The van der Waals surface area contributed by atoms with Gasteiger partial charge in [-0.1, -0.05) is 0 Å². The number of amides is 1. The molecule has 0 aromatic carbocycles. The van der Waals surface area contributed by atoms with E-state index in [9.17, 15) is 18.0 Å². The summed E-state index contributed by atoms with van der Waals surface area (Å²) in [7, 11) is 1.65. The number of anilines is 1. The zero-order chi connectivity index (χ0) is 15.6. The number of hydrogen-bond donors (Lipinski definition) is 2. The number of carbonyl (C=O) groups is 1. The fraction of sp³-hybridized carbons (Fsp3) is 0.250. The van der Waals surface area contributed by atoms with Crippen molar-refractivity contribution < 1.29 is 23.1 Å². The average molecular weight is 300 g/mol. The number of alkyl halides is 3. The maximum absolute atomic E-state index is 12.4. The second kappa shape index (κ2) is 5.52. The van der Waals surface area contributed by atoms with Crippen LogP contribution in [0.1, 0.15) is 22.2 Å². The smallest absolute Gasteiger partial charge is 0.379 e. The molecule has 2 heterocycles. The number of nitrogens with zero attached hydrogens (tertiary/aromatic N) is 3. The third-order valence-electron chi connectivity index (χ3n) is 2.60. The Morgan fingerprint density at radius 1 is 1.43 bits per heavy atom. The Morgan fingerprint density at radius 2 is 2.14 bits per heavy atom. The van der Waals surface area contributed by atoms with E-state index in [4.69, 9.17) is 5.11 Å². The fourth-order valence-corrected chi connectivity index (χ4v) is 1.59. The number of carbonyl (C=O) groups excluding carboxylic acids is 1. The standard InChI is InChI=1S/C12H11F3N4O2/c1-19-5-3-9(18-19)17-11(21)8-6-7(2-4-16-8)10(20)12(13,14)15/h2-6,10,20H,1H3,(H,17,18,21). The highest BCUT2D eigenvalue weighted by atomic mass is 19.4. The molecule has 2 aromatic heterocycles. The second-order valence-corrected chi connectivity index (χ2v) is 4.25. The van der Waals surface area contributed by atoms with Gasteiger partial charge in [0.1, 0.15) is 5.69 Å². The van der Waals surface area contributed by atoms with Gasteiger partial charge >= 0.3 is 6.18 Å². The van der Waals surface area contributed by atoms with Gasteiger partial charge in [-0.3, -0.25) is 14.5 Å². The van der Waals surface area contributed by atoms with Crippen molar-refractivity contribution in [3.05, 3.63) is 41.9 Å². The molecule has 1 atom stereocenters. The molecule has 0 spiro atoms. The van der Waals surface area contributed by atoms with Gasteiger partial charge in [0.2, 0.25) is 0 Å². The molecule has 21 heavy (non-hydrogen) atoms. The number of pyridine rings is 1. The van der Waals surface area contributed by atoms with Crippen LogP contribution in [0.4, 0.5) is 19.0 Å². The van der Waals surface area contributed by atoms with Crippen LogP contribution in [0.2, 0.25) is 0 Å². The van der Waals surface area contributed by atoms with Crippen molar-refractivity contribution in [1.82, 2.24) is 14.8 Å². The highest BCUT2D eigenvalue weighted by Crippen LogP contribution is 2.32. The molecular weight excluding hydrogens is 289 g/mol. The van der Waals surface area contributed by atoms with Crippen molar-refractivity contribution >= 4 is 11.7 Å². The van der Waals surface area contributed by atoms with Gasteiger partial charge in [0.15, 0.2) is 11.9 Å². The third kappa shape index (κ3) is 3.57. The molecule has 1 amide bonds. The largest absolute Gasteiger partial charge is 0.418 e. The van der Waals surface area contributed by atoms with Gasteiger partial charge in [-0.05, 0) is 17.7 Å². The van der Waals surface area contributed by atoms with Crippen LogP contribution in [-0.2, 0) is 7.05 Å². The molecule has 0 aliphatic heterocycles. The van der Waals surface area contributed by atoms with E-state index in [-0.39, 0.29) is 11.5 Å². The summed E-state index contributed by atoms with van der Waals surface area (Å²) in [6.45, 7) is 0. The molecule has 6 nitrogen and oxygen atoms in total. The molecule has 0 saturated carbocycles. The van der Waals surface area contributed by atoms with E-state index in [1.54, 1.807) is 13.2 Å². The predicted molar refractivity (Wildman–Crippen MR) is 66.4 cm³/mol. The van der Waals surface area contributed by atoms with Crippen molar-refractivity contribution in [3.8, 4) is 0 Å². The van der Waals surface area contributed by atoms with Gasteiger partial charge < -0.3 is 10.4 Å². The van der Waals surface area contributed by atoms with Gasteiger partial charge in [0.05, 0.1) is 0 Å². The summed E-state index contributed by atoms with van der Waals surface area (Å²) in [4.78, 5) is 15.5. The summed E-state index contributed by atoms with van der Waals surface area (Å²) in [5.74, 6) is -0.476. The summed E-state index contributed by atoms with van der Waals surface area (Å²) in [5, 5.41) is 15.4. The van der Waals surface area contributed by atoms with E-state index in [1.165, 1.54) is 10.7 Å². The second-order valence-electron chi connectivity index (χ2n) is 4.25. The van der Waals surface area contributed by atoms with Crippen LogP contribution in [0, 0.1) is 0 Å². The molecule has 2 rings (SSSR count). The van der Waals surface area contributed by atoms with E-state index in [1.807, 2.05) is 0 Å². The highest BCUT2D eigenvalue weighted by molar-refractivity contribution is 6.02. The molecule has 0 aliphatic rings. The maximum Gasteiger partial charge on any atom is 0.418 e. The topological polar surface area (TPSA) is 80.0 Å². The maximum atomic E-state index is 12.4. The van der Waals surface area contributed by atoms with Crippen molar-refractivity contribution in [1.29, 1.82) is 0 Å². The van der Waals surface area contributed by atoms with E-state index >= 15 is 0 Å². The van der Waals surface area contributed by atoms with Crippen molar-refractivity contribution in [2.45, 2.75) is 12.3 Å². The van der Waals surface area contributed by atoms with E-state index < -0.39 is 23.8 Å². The van der Waals surface area contributed by atoms with Gasteiger partial charge in [-0.25, -0.2) is 0 Å². The first-order valence-corrected chi connectivity index (χ1v) is 5.79. The van der Waals surface area contributed by atoms with Gasteiger partial charge in [0, 0.05) is 25.5 Å². The lowest BCUT2D eigenvalue weighted by Crippen LogP contribution is -2.21. The SMILES string of the molecule is Cn1ccc(NC(=O)c2cc(C(O)C(F)(F)F)ccn2)n1. The Labute approximate surface area is 117 Å². The average Bonchev–Trinajstić information content (AvgIpc) is 2.82.